The second-order valence-electron chi connectivity index (χ2n) is 7.41. The lowest BCUT2D eigenvalue weighted by atomic mass is 9.97. The largest absolute Gasteiger partial charge is 0.507 e. The Morgan fingerprint density at radius 1 is 0.733 bits per heavy atom. The summed E-state index contributed by atoms with van der Waals surface area (Å²) in [4.78, 5) is 0. The highest BCUT2D eigenvalue weighted by molar-refractivity contribution is 7.36. The van der Waals surface area contributed by atoms with E-state index < -0.39 is 0 Å². The fourth-order valence-corrected chi connectivity index (χ4v) is 4.65. The number of hydrogen-bond acceptors (Lipinski definition) is 2. The van der Waals surface area contributed by atoms with Crippen LogP contribution in [0.4, 0.5) is 0 Å². The maximum absolute atomic E-state index is 10.8. The lowest BCUT2D eigenvalue weighted by Gasteiger charge is -2.14. The van der Waals surface area contributed by atoms with Crippen molar-refractivity contribution >= 4 is 43.6 Å². The predicted octanol–water partition coefficient (Wildman–Crippen LogP) is 4.56. The van der Waals surface area contributed by atoms with Gasteiger partial charge in [-0.3, -0.25) is 0 Å². The van der Waals surface area contributed by atoms with Gasteiger partial charge in [0.1, 0.15) is 11.5 Å². The van der Waals surface area contributed by atoms with Crippen LogP contribution in [0.25, 0.3) is 11.1 Å². The van der Waals surface area contributed by atoms with E-state index in [0.717, 1.165) is 63.9 Å². The van der Waals surface area contributed by atoms with E-state index in [1.807, 2.05) is 19.1 Å². The van der Waals surface area contributed by atoms with Crippen molar-refractivity contribution in [3.63, 3.8) is 0 Å². The number of aromatic hydroxyl groups is 2. The maximum Gasteiger partial charge on any atom is 0.126 e. The molecule has 5 heteroatoms. The number of phenols is 2. The van der Waals surface area contributed by atoms with E-state index in [9.17, 15) is 10.2 Å². The van der Waals surface area contributed by atoms with Crippen molar-refractivity contribution in [2.75, 3.05) is 0 Å². The third-order valence-electron chi connectivity index (χ3n) is 5.42. The zero-order chi connectivity index (χ0) is 21.7. The highest BCUT2D eigenvalue weighted by atomic mass is 31.0. The molecule has 0 bridgehead atoms. The molecule has 0 heterocycles. The van der Waals surface area contributed by atoms with Gasteiger partial charge >= 0.3 is 0 Å². The first kappa shape index (κ1) is 23.0. The summed E-state index contributed by atoms with van der Waals surface area (Å²) in [6.45, 7) is 2.05. The molecule has 0 aromatic heterocycles. The minimum Gasteiger partial charge on any atom is -0.507 e. The predicted molar refractivity (Wildman–Crippen MR) is 140 cm³/mol. The van der Waals surface area contributed by atoms with Crippen LogP contribution < -0.4 is 15.9 Å². The highest BCUT2D eigenvalue weighted by Gasteiger charge is 2.12. The van der Waals surface area contributed by atoms with E-state index in [1.165, 1.54) is 5.56 Å². The van der Waals surface area contributed by atoms with E-state index in [-0.39, 0.29) is 5.75 Å². The molecule has 0 saturated carbocycles. The van der Waals surface area contributed by atoms with Crippen molar-refractivity contribution in [2.45, 2.75) is 32.6 Å². The van der Waals surface area contributed by atoms with Gasteiger partial charge in [-0.2, -0.15) is 0 Å². The molecule has 0 aliphatic heterocycles. The molecule has 0 spiro atoms. The average molecular weight is 454 g/mol. The van der Waals surface area contributed by atoms with Crippen molar-refractivity contribution in [3.8, 4) is 22.6 Å². The Hall–Kier alpha value is -1.71. The Labute approximate surface area is 186 Å². The monoisotopic (exact) mass is 454 g/mol. The van der Waals surface area contributed by atoms with Crippen molar-refractivity contribution in [1.82, 2.24) is 0 Å². The standard InChI is InChI=1S/C25H29O2P3/c1-2-3-4-5-16-6-8-17(9-7-16)20-14-12-18(22(27)24(20)29)10-11-19-13-15-21(26)25(30)23(19)28/h2-3,6-9,12-15,26-27H,4-5,10-11,28-30H2,1H3/b3-2+. The molecule has 0 aliphatic carbocycles. The fraction of sp³-hybridized carbons (Fsp3) is 0.200. The van der Waals surface area contributed by atoms with Crippen molar-refractivity contribution < 1.29 is 10.2 Å². The number of rotatable bonds is 7. The van der Waals surface area contributed by atoms with Crippen molar-refractivity contribution in [1.29, 1.82) is 0 Å². The van der Waals surface area contributed by atoms with Crippen LogP contribution in [0.2, 0.25) is 0 Å². The summed E-state index contributed by atoms with van der Waals surface area (Å²) < 4.78 is 0. The minimum atomic E-state index is 0.279. The summed E-state index contributed by atoms with van der Waals surface area (Å²) >= 11 is 0. The van der Waals surface area contributed by atoms with E-state index in [0.29, 0.717) is 5.75 Å². The van der Waals surface area contributed by atoms with E-state index in [2.05, 4.69) is 70.2 Å². The molecule has 3 aromatic carbocycles. The molecule has 0 fully saturated rings. The molecule has 0 radical (unpaired) electrons. The van der Waals surface area contributed by atoms with Crippen LogP contribution >= 0.6 is 27.7 Å². The normalized spacial score (nSPS) is 11.3. The molecule has 3 aromatic rings. The van der Waals surface area contributed by atoms with Crippen LogP contribution in [-0.2, 0) is 19.3 Å². The fourth-order valence-electron chi connectivity index (χ4n) is 3.53. The summed E-state index contributed by atoms with van der Waals surface area (Å²) in [6, 6.07) is 16.4. The Morgan fingerprint density at radius 3 is 2.10 bits per heavy atom. The van der Waals surface area contributed by atoms with Gasteiger partial charge in [-0.1, -0.05) is 54.6 Å². The van der Waals surface area contributed by atoms with E-state index in [4.69, 9.17) is 0 Å². The molecule has 0 amide bonds. The van der Waals surface area contributed by atoms with E-state index >= 15 is 0 Å². The lowest BCUT2D eigenvalue weighted by Crippen LogP contribution is -2.17. The zero-order valence-electron chi connectivity index (χ0n) is 17.2. The van der Waals surface area contributed by atoms with Gasteiger partial charge in [0.25, 0.3) is 0 Å². The van der Waals surface area contributed by atoms with Crippen LogP contribution in [0.5, 0.6) is 11.5 Å². The Kier molecular flexibility index (Phi) is 8.07. The highest BCUT2D eigenvalue weighted by Crippen LogP contribution is 2.28. The van der Waals surface area contributed by atoms with Crippen LogP contribution in [0.15, 0.2) is 60.7 Å². The quantitative estimate of drug-likeness (QED) is 0.406. The Bertz CT molecular complexity index is 1060. The summed E-state index contributed by atoms with van der Waals surface area (Å²) in [5, 5.41) is 23.3. The van der Waals surface area contributed by atoms with Gasteiger partial charge < -0.3 is 10.2 Å². The first-order valence-electron chi connectivity index (χ1n) is 10.1. The SMILES string of the molecule is C/C=C/CCc1ccc(-c2ccc(CCc3ccc(O)c(P)c3P)c(O)c2P)cc1. The van der Waals surface area contributed by atoms with Crippen molar-refractivity contribution in [2.24, 2.45) is 0 Å². The molecule has 3 atom stereocenters. The molecule has 0 aliphatic rings. The number of benzene rings is 3. The number of hydrogen-bond donors (Lipinski definition) is 2. The van der Waals surface area contributed by atoms with Gasteiger partial charge in [-0.25, -0.2) is 0 Å². The van der Waals surface area contributed by atoms with Gasteiger partial charge in [0.2, 0.25) is 0 Å². The Balaban J connectivity index is 1.76. The molecular weight excluding hydrogens is 425 g/mol. The van der Waals surface area contributed by atoms with Crippen LogP contribution in [0, 0.1) is 0 Å². The molecule has 156 valence electrons. The molecule has 3 rings (SSSR count). The van der Waals surface area contributed by atoms with Crippen LogP contribution in [0.1, 0.15) is 30.0 Å². The van der Waals surface area contributed by atoms with Gasteiger partial charge in [0.05, 0.1) is 0 Å². The second kappa shape index (κ2) is 10.5. The van der Waals surface area contributed by atoms with Gasteiger partial charge in [0.15, 0.2) is 0 Å². The summed E-state index contributed by atoms with van der Waals surface area (Å²) in [6.07, 6.45) is 7.88. The molecule has 0 saturated heterocycles. The molecule has 30 heavy (non-hydrogen) atoms. The van der Waals surface area contributed by atoms with Gasteiger partial charge in [-0.15, -0.1) is 27.7 Å². The van der Waals surface area contributed by atoms with Gasteiger partial charge in [0, 0.05) is 10.6 Å². The summed E-state index contributed by atoms with van der Waals surface area (Å²) in [7, 11) is 7.98. The maximum atomic E-state index is 10.8. The Morgan fingerprint density at radius 2 is 1.40 bits per heavy atom. The lowest BCUT2D eigenvalue weighted by molar-refractivity contribution is 0.472. The third kappa shape index (κ3) is 5.31. The average Bonchev–Trinajstić information content (AvgIpc) is 2.75. The van der Waals surface area contributed by atoms with E-state index in [1.54, 1.807) is 6.07 Å². The zero-order valence-corrected chi connectivity index (χ0v) is 20.7. The smallest absolute Gasteiger partial charge is 0.126 e. The second-order valence-corrected chi connectivity index (χ2v) is 9.14. The number of phenolic OH excluding ortho intramolecular Hbond substituents is 2. The third-order valence-corrected chi connectivity index (χ3v) is 7.63. The molecule has 2 nitrogen and oxygen atoms in total. The molecule has 2 N–H and O–H groups in total. The van der Waals surface area contributed by atoms with Crippen molar-refractivity contribution in [3.05, 3.63) is 77.4 Å². The van der Waals surface area contributed by atoms with Crippen LogP contribution in [-0.4, -0.2) is 10.2 Å². The first-order chi connectivity index (χ1) is 14.4. The number of aryl methyl sites for hydroxylation is 3. The van der Waals surface area contributed by atoms with Crippen LogP contribution in [0.3, 0.4) is 0 Å². The topological polar surface area (TPSA) is 40.5 Å². The first-order valence-corrected chi connectivity index (χ1v) is 11.8. The number of allylic oxidation sites excluding steroid dienone is 2. The minimum absolute atomic E-state index is 0.279. The van der Waals surface area contributed by atoms with Gasteiger partial charge in [-0.05, 0) is 71.8 Å². The summed E-state index contributed by atoms with van der Waals surface area (Å²) in [5.41, 5.74) is 5.53. The summed E-state index contributed by atoms with van der Waals surface area (Å²) in [5.74, 6) is 0.617. The molecular formula is C25H29O2P3. The molecule has 3 unspecified atom stereocenters.